The number of para-hydroxylation sites is 2. The molecule has 0 aliphatic heterocycles. The summed E-state index contributed by atoms with van der Waals surface area (Å²) in [7, 11) is 0. The number of nitrogens with one attached hydrogen (secondary N) is 2. The number of aliphatic hydroxyl groups is 1. The van der Waals surface area contributed by atoms with Crippen LogP contribution in [0.4, 0.5) is 5.95 Å². The Morgan fingerprint density at radius 1 is 1.30 bits per heavy atom. The molecular weight excluding hydrogens is 340 g/mol. The standard InChI is InChI=1S/C21H30N4O2/c1-13(26)11-22-21-24-18-5-3-4-6-19(18)25(21)12-20(27)23-14(2)17-10-15-7-8-16(17)9-15/h3-6,13-17,26H,7-12H2,1-2H3,(H,22,24)(H,23,27)/t13-,14+,15-,16-,17-/m0/s1. The van der Waals surface area contributed by atoms with Crippen molar-refractivity contribution in [2.24, 2.45) is 17.8 Å². The third-order valence-electron chi connectivity index (χ3n) is 6.34. The molecule has 5 atom stereocenters. The highest BCUT2D eigenvalue weighted by Gasteiger charge is 2.42. The van der Waals surface area contributed by atoms with Gasteiger partial charge < -0.3 is 20.3 Å². The number of amides is 1. The number of hydrogen-bond donors (Lipinski definition) is 3. The SMILES string of the molecule is C[C@H](O)CNc1nc2ccccc2n1CC(=O)N[C@H](C)[C@@H]1C[C@H]2CC[C@H]1C2. The Labute approximate surface area is 160 Å². The van der Waals surface area contributed by atoms with Gasteiger partial charge in [0.1, 0.15) is 6.54 Å². The highest BCUT2D eigenvalue weighted by atomic mass is 16.3. The highest BCUT2D eigenvalue weighted by Crippen LogP contribution is 2.49. The number of aliphatic hydroxyl groups excluding tert-OH is 1. The van der Waals surface area contributed by atoms with Gasteiger partial charge in [-0.1, -0.05) is 18.6 Å². The zero-order chi connectivity index (χ0) is 19.0. The minimum absolute atomic E-state index is 0.0218. The average Bonchev–Trinajstić information content (AvgIpc) is 3.34. The van der Waals surface area contributed by atoms with E-state index in [-0.39, 0.29) is 18.5 Å². The molecule has 3 N–H and O–H groups in total. The molecule has 1 aromatic heterocycles. The molecule has 2 aliphatic carbocycles. The monoisotopic (exact) mass is 370 g/mol. The van der Waals surface area contributed by atoms with Gasteiger partial charge in [-0.2, -0.15) is 0 Å². The van der Waals surface area contributed by atoms with Crippen LogP contribution in [0.15, 0.2) is 24.3 Å². The quantitative estimate of drug-likeness (QED) is 0.700. The minimum atomic E-state index is -0.482. The molecule has 1 heterocycles. The van der Waals surface area contributed by atoms with Crippen molar-refractivity contribution in [3.63, 3.8) is 0 Å². The predicted molar refractivity (Wildman–Crippen MR) is 106 cm³/mol. The summed E-state index contributed by atoms with van der Waals surface area (Å²) in [6.07, 6.45) is 4.84. The third-order valence-corrected chi connectivity index (χ3v) is 6.34. The van der Waals surface area contributed by atoms with E-state index >= 15 is 0 Å². The highest BCUT2D eigenvalue weighted by molar-refractivity contribution is 5.83. The Hall–Kier alpha value is -2.08. The molecule has 2 aliphatic rings. The van der Waals surface area contributed by atoms with E-state index in [1.165, 1.54) is 25.7 Å². The second-order valence-electron chi connectivity index (χ2n) is 8.44. The summed E-state index contributed by atoms with van der Waals surface area (Å²) in [6, 6.07) is 8.03. The van der Waals surface area contributed by atoms with Crippen LogP contribution < -0.4 is 10.6 Å². The van der Waals surface area contributed by atoms with E-state index in [0.717, 1.165) is 22.9 Å². The van der Waals surface area contributed by atoms with E-state index < -0.39 is 6.10 Å². The van der Waals surface area contributed by atoms with Crippen molar-refractivity contribution < 1.29 is 9.90 Å². The number of carbonyl (C=O) groups excluding carboxylic acids is 1. The molecule has 1 aromatic carbocycles. The predicted octanol–water partition coefficient (Wildman–Crippen LogP) is 2.77. The summed E-state index contributed by atoms with van der Waals surface area (Å²) in [5, 5.41) is 16.0. The van der Waals surface area contributed by atoms with Crippen LogP contribution in [0.1, 0.15) is 39.5 Å². The van der Waals surface area contributed by atoms with Crippen molar-refractivity contribution in [3.8, 4) is 0 Å². The zero-order valence-electron chi connectivity index (χ0n) is 16.2. The molecule has 2 aromatic rings. The number of fused-ring (bicyclic) bond motifs is 3. The number of carbonyl (C=O) groups is 1. The lowest BCUT2D eigenvalue weighted by Crippen LogP contribution is -2.41. The summed E-state index contributed by atoms with van der Waals surface area (Å²) in [6.45, 7) is 4.51. The molecule has 0 saturated heterocycles. The smallest absolute Gasteiger partial charge is 0.240 e. The van der Waals surface area contributed by atoms with Crippen LogP contribution in [0, 0.1) is 17.8 Å². The van der Waals surface area contributed by atoms with Crippen LogP contribution in [-0.2, 0) is 11.3 Å². The Balaban J connectivity index is 1.46. The normalized spacial score (nSPS) is 26.3. The van der Waals surface area contributed by atoms with Crippen LogP contribution in [0.2, 0.25) is 0 Å². The lowest BCUT2D eigenvalue weighted by atomic mass is 9.84. The molecule has 2 fully saturated rings. The van der Waals surface area contributed by atoms with Gasteiger partial charge >= 0.3 is 0 Å². The number of hydrogen-bond acceptors (Lipinski definition) is 4. The van der Waals surface area contributed by atoms with Crippen LogP contribution in [-0.4, -0.2) is 39.3 Å². The van der Waals surface area contributed by atoms with E-state index in [4.69, 9.17) is 0 Å². The van der Waals surface area contributed by atoms with E-state index in [1.807, 2.05) is 28.8 Å². The lowest BCUT2D eigenvalue weighted by Gasteiger charge is -2.28. The first-order valence-corrected chi connectivity index (χ1v) is 10.2. The van der Waals surface area contributed by atoms with Gasteiger partial charge in [-0.25, -0.2) is 4.98 Å². The molecule has 0 spiro atoms. The first-order valence-electron chi connectivity index (χ1n) is 10.2. The Morgan fingerprint density at radius 2 is 2.11 bits per heavy atom. The number of aromatic nitrogens is 2. The van der Waals surface area contributed by atoms with Crippen LogP contribution in [0.5, 0.6) is 0 Å². The molecule has 6 heteroatoms. The number of anilines is 1. The molecule has 1 amide bonds. The summed E-state index contributed by atoms with van der Waals surface area (Å²) in [5.41, 5.74) is 1.77. The Morgan fingerprint density at radius 3 is 2.81 bits per heavy atom. The summed E-state index contributed by atoms with van der Waals surface area (Å²) in [4.78, 5) is 17.4. The fraction of sp³-hybridized carbons (Fsp3) is 0.619. The van der Waals surface area contributed by atoms with Gasteiger partial charge in [0.05, 0.1) is 17.1 Å². The first-order chi connectivity index (χ1) is 13.0. The maximum atomic E-state index is 12.8. The van der Waals surface area contributed by atoms with E-state index in [0.29, 0.717) is 18.4 Å². The van der Waals surface area contributed by atoms with Gasteiger partial charge in [0.25, 0.3) is 0 Å². The average molecular weight is 370 g/mol. The van der Waals surface area contributed by atoms with Crippen molar-refractivity contribution in [1.82, 2.24) is 14.9 Å². The van der Waals surface area contributed by atoms with Gasteiger partial charge in [-0.3, -0.25) is 4.79 Å². The Kier molecular flexibility index (Phi) is 5.08. The third kappa shape index (κ3) is 3.81. The van der Waals surface area contributed by atoms with E-state index in [2.05, 4.69) is 22.5 Å². The molecule has 2 bridgehead atoms. The summed E-state index contributed by atoms with van der Waals surface area (Å²) in [5.74, 6) is 2.95. The van der Waals surface area contributed by atoms with Crippen molar-refractivity contribution in [3.05, 3.63) is 24.3 Å². The minimum Gasteiger partial charge on any atom is -0.392 e. The van der Waals surface area contributed by atoms with Crippen molar-refractivity contribution in [2.45, 2.75) is 58.2 Å². The van der Waals surface area contributed by atoms with Gasteiger partial charge in [-0.05, 0) is 63.0 Å². The fourth-order valence-corrected chi connectivity index (χ4v) is 5.07. The summed E-state index contributed by atoms with van der Waals surface area (Å²) >= 11 is 0. The second kappa shape index (κ2) is 7.50. The molecule has 0 unspecified atom stereocenters. The molecule has 2 saturated carbocycles. The first kappa shape index (κ1) is 18.3. The number of benzene rings is 1. The lowest BCUT2D eigenvalue weighted by molar-refractivity contribution is -0.122. The van der Waals surface area contributed by atoms with Gasteiger partial charge in [0.2, 0.25) is 11.9 Å². The molecule has 6 nitrogen and oxygen atoms in total. The second-order valence-corrected chi connectivity index (χ2v) is 8.44. The topological polar surface area (TPSA) is 79.2 Å². The number of rotatable bonds is 7. The largest absolute Gasteiger partial charge is 0.392 e. The van der Waals surface area contributed by atoms with Crippen LogP contribution in [0.25, 0.3) is 11.0 Å². The molecule has 0 radical (unpaired) electrons. The van der Waals surface area contributed by atoms with Crippen molar-refractivity contribution >= 4 is 22.9 Å². The number of imidazole rings is 1. The number of nitrogens with zero attached hydrogens (tertiary/aromatic N) is 2. The maximum absolute atomic E-state index is 12.8. The van der Waals surface area contributed by atoms with E-state index in [1.54, 1.807) is 6.92 Å². The maximum Gasteiger partial charge on any atom is 0.240 e. The van der Waals surface area contributed by atoms with Gasteiger partial charge in [-0.15, -0.1) is 0 Å². The van der Waals surface area contributed by atoms with Gasteiger partial charge in [0, 0.05) is 12.6 Å². The molecule has 27 heavy (non-hydrogen) atoms. The molecule has 146 valence electrons. The van der Waals surface area contributed by atoms with Gasteiger partial charge in [0.15, 0.2) is 0 Å². The fourth-order valence-electron chi connectivity index (χ4n) is 5.07. The van der Waals surface area contributed by atoms with Crippen LogP contribution in [0.3, 0.4) is 0 Å². The Bertz CT molecular complexity index is 816. The van der Waals surface area contributed by atoms with E-state index in [9.17, 15) is 9.90 Å². The van der Waals surface area contributed by atoms with Crippen LogP contribution >= 0.6 is 0 Å². The summed E-state index contributed by atoms with van der Waals surface area (Å²) < 4.78 is 1.90. The zero-order valence-corrected chi connectivity index (χ0v) is 16.2. The molecule has 4 rings (SSSR count). The van der Waals surface area contributed by atoms with Crippen molar-refractivity contribution in [2.75, 3.05) is 11.9 Å². The van der Waals surface area contributed by atoms with Crippen molar-refractivity contribution in [1.29, 1.82) is 0 Å². The molecular formula is C21H30N4O2.